The van der Waals surface area contributed by atoms with Crippen LogP contribution >= 0.6 is 0 Å². The van der Waals surface area contributed by atoms with E-state index in [1.54, 1.807) is 43.0 Å². The number of methoxy groups -OCH3 is 1. The smallest absolute Gasteiger partial charge is 0.416 e. The molecule has 3 aromatic carbocycles. The van der Waals surface area contributed by atoms with Crippen molar-refractivity contribution in [3.05, 3.63) is 76.6 Å². The Labute approximate surface area is 380 Å². The van der Waals surface area contributed by atoms with Crippen molar-refractivity contribution in [3.8, 4) is 11.5 Å². The van der Waals surface area contributed by atoms with Gasteiger partial charge in [0.25, 0.3) is 11.8 Å². The van der Waals surface area contributed by atoms with Crippen LogP contribution in [0, 0.1) is 12.3 Å². The van der Waals surface area contributed by atoms with Gasteiger partial charge in [0.2, 0.25) is 17.7 Å². The fourth-order valence-corrected chi connectivity index (χ4v) is 9.05. The minimum absolute atomic E-state index is 0.00284. The first kappa shape index (κ1) is 46.0. The quantitative estimate of drug-likeness (QED) is 0.0702. The number of unbranched alkanes of at least 4 members (excludes halogenated alkanes) is 1. The summed E-state index contributed by atoms with van der Waals surface area (Å²) in [4.78, 5) is 80.3. The second-order valence-corrected chi connectivity index (χ2v) is 17.9. The van der Waals surface area contributed by atoms with E-state index in [9.17, 15) is 37.1 Å². The summed E-state index contributed by atoms with van der Waals surface area (Å²) in [6.45, 7) is 8.21. The number of anilines is 3. The molecular weight excluding hydrogens is 860 g/mol. The molecule has 3 aliphatic heterocycles. The first-order chi connectivity index (χ1) is 31.4. The summed E-state index contributed by atoms with van der Waals surface area (Å²) in [7, 11) is 3.36. The molecule has 0 spiro atoms. The Morgan fingerprint density at radius 1 is 0.985 bits per heavy atom. The molecule has 66 heavy (non-hydrogen) atoms. The molecule has 1 saturated carbocycles. The fourth-order valence-electron chi connectivity index (χ4n) is 9.05. The number of hydrogen-bond donors (Lipinski definition) is 3. The van der Waals surface area contributed by atoms with E-state index in [4.69, 9.17) is 15.2 Å². The van der Waals surface area contributed by atoms with Gasteiger partial charge >= 0.3 is 6.18 Å². The molecule has 4 aromatic rings. The molecule has 1 aliphatic carbocycles. The monoisotopic (exact) mass is 913 g/mol. The Hall–Kier alpha value is -6.50. The van der Waals surface area contributed by atoms with E-state index >= 15 is 0 Å². The number of halogens is 3. The van der Waals surface area contributed by atoms with Crippen molar-refractivity contribution in [2.45, 2.75) is 77.1 Å². The molecule has 8 rings (SSSR count). The summed E-state index contributed by atoms with van der Waals surface area (Å²) >= 11 is 0. The van der Waals surface area contributed by atoms with Crippen LogP contribution in [-0.2, 0) is 20.6 Å². The summed E-state index contributed by atoms with van der Waals surface area (Å²) < 4.78 is 52.8. The van der Waals surface area contributed by atoms with Crippen molar-refractivity contribution < 1.29 is 46.6 Å². The maximum absolute atomic E-state index is 13.6. The molecule has 5 amide bonds. The van der Waals surface area contributed by atoms with Gasteiger partial charge in [-0.2, -0.15) is 13.2 Å². The summed E-state index contributed by atoms with van der Waals surface area (Å²) in [6, 6.07) is 10.6. The molecule has 350 valence electrons. The van der Waals surface area contributed by atoms with Crippen LogP contribution in [0.2, 0.25) is 0 Å². The van der Waals surface area contributed by atoms with E-state index in [0.717, 1.165) is 81.1 Å². The predicted octanol–water partition coefficient (Wildman–Crippen LogP) is 5.73. The number of amides is 5. The molecule has 4 heterocycles. The number of piperidine rings is 1. The van der Waals surface area contributed by atoms with Crippen molar-refractivity contribution in [3.63, 3.8) is 0 Å². The highest BCUT2D eigenvalue weighted by atomic mass is 19.4. The Bertz CT molecular complexity index is 2580. The number of nitrogens with zero attached hydrogens (tertiary/aromatic N) is 6. The summed E-state index contributed by atoms with van der Waals surface area (Å²) in [5, 5.41) is 6.07. The number of nitrogens with two attached hydrogens (primary N) is 1. The first-order valence-corrected chi connectivity index (χ1v) is 22.2. The lowest BCUT2D eigenvalue weighted by Crippen LogP contribution is -2.54. The highest BCUT2D eigenvalue weighted by molar-refractivity contribution is 6.23. The molecule has 4 aliphatic rings. The number of fused-ring (bicyclic) bond motifs is 2. The van der Waals surface area contributed by atoms with Crippen molar-refractivity contribution in [1.29, 1.82) is 0 Å². The van der Waals surface area contributed by atoms with Crippen LogP contribution in [0.1, 0.15) is 95.6 Å². The molecule has 3 fully saturated rings. The number of nitrogens with one attached hydrogen (secondary N) is 2. The van der Waals surface area contributed by atoms with E-state index in [1.807, 2.05) is 13.1 Å². The minimum atomic E-state index is -4.55. The van der Waals surface area contributed by atoms with Crippen LogP contribution in [0.5, 0.6) is 11.5 Å². The number of piperazine rings is 1. The van der Waals surface area contributed by atoms with Gasteiger partial charge in [0.15, 0.2) is 11.5 Å². The predicted molar refractivity (Wildman–Crippen MR) is 239 cm³/mol. The molecule has 4 N–H and O–H groups in total. The number of benzene rings is 3. The van der Waals surface area contributed by atoms with Gasteiger partial charge < -0.3 is 30.3 Å². The number of carbonyl (C=O) groups is 5. The van der Waals surface area contributed by atoms with Gasteiger partial charge in [0, 0.05) is 80.9 Å². The minimum Gasteiger partial charge on any atom is -0.493 e. The third-order valence-corrected chi connectivity index (χ3v) is 13.0. The summed E-state index contributed by atoms with van der Waals surface area (Å²) in [6.07, 6.45) is -0.585. The van der Waals surface area contributed by atoms with Crippen LogP contribution in [0.25, 0.3) is 10.9 Å². The Morgan fingerprint density at radius 3 is 2.42 bits per heavy atom. The topological polar surface area (TPSA) is 193 Å². The molecule has 1 aromatic heterocycles. The maximum Gasteiger partial charge on any atom is 0.416 e. The van der Waals surface area contributed by atoms with Crippen molar-refractivity contribution in [1.82, 2.24) is 30.0 Å². The van der Waals surface area contributed by atoms with Crippen LogP contribution in [0.15, 0.2) is 48.5 Å². The zero-order valence-corrected chi connectivity index (χ0v) is 37.4. The van der Waals surface area contributed by atoms with Gasteiger partial charge in [0.05, 0.1) is 42.0 Å². The Morgan fingerprint density at radius 2 is 1.73 bits per heavy atom. The van der Waals surface area contributed by atoms with E-state index < -0.39 is 47.5 Å². The number of aryl methyl sites for hydroxylation is 1. The third kappa shape index (κ3) is 9.85. The first-order valence-electron chi connectivity index (χ1n) is 22.2. The van der Waals surface area contributed by atoms with Crippen LogP contribution in [0.4, 0.5) is 30.4 Å². The lowest BCUT2D eigenvalue weighted by atomic mass is 10.0. The van der Waals surface area contributed by atoms with E-state index in [1.165, 1.54) is 13.2 Å². The molecule has 2 atom stereocenters. The number of carbonyl (C=O) groups excluding carboxylic acids is 5. The van der Waals surface area contributed by atoms with Gasteiger partial charge in [-0.1, -0.05) is 0 Å². The lowest BCUT2D eigenvalue weighted by molar-refractivity contribution is -0.138. The van der Waals surface area contributed by atoms with Crippen molar-refractivity contribution in [2.24, 2.45) is 5.41 Å². The number of hydrogen-bond acceptors (Lipinski definition) is 13. The highest BCUT2D eigenvalue weighted by Gasteiger charge is 2.46. The number of alkyl halides is 3. The van der Waals surface area contributed by atoms with Crippen molar-refractivity contribution in [2.75, 3.05) is 76.0 Å². The molecule has 0 radical (unpaired) electrons. The van der Waals surface area contributed by atoms with E-state index in [0.29, 0.717) is 59.2 Å². The van der Waals surface area contributed by atoms with Gasteiger partial charge in [0.1, 0.15) is 17.7 Å². The summed E-state index contributed by atoms with van der Waals surface area (Å²) in [5.41, 5.74) is 7.05. The average molecular weight is 914 g/mol. The second kappa shape index (κ2) is 18.4. The summed E-state index contributed by atoms with van der Waals surface area (Å²) in [5.74, 6) is -0.249. The zero-order chi connectivity index (χ0) is 47.1. The van der Waals surface area contributed by atoms with Gasteiger partial charge in [-0.25, -0.2) is 9.97 Å². The van der Waals surface area contributed by atoms with E-state index in [-0.39, 0.29) is 41.0 Å². The lowest BCUT2D eigenvalue weighted by Gasteiger charge is -2.36. The second-order valence-electron chi connectivity index (χ2n) is 17.9. The zero-order valence-electron chi connectivity index (χ0n) is 37.4. The number of imide groups is 2. The normalized spacial score (nSPS) is 18.9. The Balaban J connectivity index is 0.800. The number of rotatable bonds is 16. The highest BCUT2D eigenvalue weighted by Crippen LogP contribution is 2.47. The van der Waals surface area contributed by atoms with Crippen LogP contribution in [0.3, 0.4) is 0 Å². The fraction of sp³-hybridized carbons (Fsp3) is 0.468. The third-order valence-electron chi connectivity index (χ3n) is 13.0. The molecule has 0 bridgehead atoms. The molecule has 16 nitrogen and oxygen atoms in total. The van der Waals surface area contributed by atoms with Gasteiger partial charge in [-0.15, -0.1) is 0 Å². The SMILES string of the molecule is COc1cc2nc(C)nc(N[C@H](C)c3cc(N)cc(C(F)(F)F)c3)c2cc1OCC1(CN(C)C(=O)CCCCN2CCN(c3ccc4c(c3)C(=O)N(C3CCC(=O)NC3=O)C4=O)CC2)CC1. The molecular formula is C47H54F3N9O7. The average Bonchev–Trinajstić information content (AvgIpc) is 4.00. The van der Waals surface area contributed by atoms with Crippen LogP contribution < -0.4 is 30.7 Å². The van der Waals surface area contributed by atoms with Crippen molar-refractivity contribution >= 4 is 57.6 Å². The number of nitrogen functional groups attached to an aromatic ring is 1. The molecule has 1 unspecified atom stereocenters. The van der Waals surface area contributed by atoms with E-state index in [2.05, 4.69) is 30.4 Å². The number of aromatic nitrogens is 2. The van der Waals surface area contributed by atoms with Gasteiger partial charge in [-0.05, 0) is 101 Å². The Kier molecular flexibility index (Phi) is 12.8. The molecule has 2 saturated heterocycles. The number of ether oxygens (including phenoxy) is 2. The maximum atomic E-state index is 13.6. The molecule has 19 heteroatoms. The van der Waals surface area contributed by atoms with Gasteiger partial charge in [-0.3, -0.25) is 39.1 Å². The largest absolute Gasteiger partial charge is 0.493 e. The standard InChI is InChI=1S/C47H54F3N9O7/c1-27(29-19-30(47(48,49)50)21-31(51)20-29)52-42-35-23-39(38(65-4)24-36(35)53-28(2)54-42)66-26-46(12-13-46)25-56(3)41(61)7-5-6-14-57-15-17-58(18-16-57)32-8-9-33-34(22-32)45(64)59(44(33)63)37-10-11-40(60)55-43(37)62/h8-9,19-24,27,37H,5-7,10-18,25-26,51H2,1-4H3,(H,52,53,54)(H,55,60,62)/t27-,37?/m1/s1. The van der Waals surface area contributed by atoms with Crippen LogP contribution in [-0.4, -0.2) is 120 Å².